The zero-order valence-electron chi connectivity index (χ0n) is 12.5. The molecule has 0 spiro atoms. The van der Waals surface area contributed by atoms with Gasteiger partial charge in [0.15, 0.2) is 5.82 Å². The Morgan fingerprint density at radius 3 is 2.87 bits per heavy atom. The molecule has 23 heavy (non-hydrogen) atoms. The topological polar surface area (TPSA) is 77.0 Å². The van der Waals surface area contributed by atoms with Crippen molar-refractivity contribution in [2.45, 2.75) is 31.7 Å². The van der Waals surface area contributed by atoms with Gasteiger partial charge in [-0.3, -0.25) is 4.98 Å². The number of anilines is 1. The highest BCUT2D eigenvalue weighted by atomic mass is 35.5. The fraction of sp³-hybridized carbons (Fsp3) is 0.429. The molecule has 0 radical (unpaired) electrons. The number of ether oxygens (including phenoxy) is 1. The van der Waals surface area contributed by atoms with Gasteiger partial charge in [-0.15, -0.1) is 0 Å². The summed E-state index contributed by atoms with van der Waals surface area (Å²) in [6.45, 7) is 1.34. The largest absolute Gasteiger partial charge is 0.467 e. The van der Waals surface area contributed by atoms with Crippen molar-refractivity contribution < 1.29 is 18.3 Å². The summed E-state index contributed by atoms with van der Waals surface area (Å²) in [7, 11) is 1.13. The molecule has 0 aliphatic rings. The zero-order valence-corrected chi connectivity index (χ0v) is 13.3. The number of methoxy groups -OCH3 is 1. The zero-order chi connectivity index (χ0) is 17.0. The predicted molar refractivity (Wildman–Crippen MR) is 81.6 cm³/mol. The van der Waals surface area contributed by atoms with Gasteiger partial charge in [0.05, 0.1) is 12.6 Å². The van der Waals surface area contributed by atoms with Crippen LogP contribution < -0.4 is 5.32 Å². The first-order chi connectivity index (χ1) is 10.9. The first-order valence-electron chi connectivity index (χ1n) is 6.86. The minimum absolute atomic E-state index is 0.0844. The number of fused-ring (bicyclic) bond motifs is 1. The first-order valence-corrected chi connectivity index (χ1v) is 7.24. The number of alkyl halides is 2. The van der Waals surface area contributed by atoms with Gasteiger partial charge in [-0.2, -0.15) is 4.98 Å². The second-order valence-electron chi connectivity index (χ2n) is 4.85. The maximum Gasteiger partial charge on any atom is 0.328 e. The molecule has 1 N–H and O–H groups in total. The number of hydrogen-bond acceptors (Lipinski definition) is 6. The van der Waals surface area contributed by atoms with Crippen molar-refractivity contribution in [3.8, 4) is 0 Å². The third kappa shape index (κ3) is 4.22. The first kappa shape index (κ1) is 17.3. The van der Waals surface area contributed by atoms with Crippen LogP contribution in [0.3, 0.4) is 0 Å². The van der Waals surface area contributed by atoms with Gasteiger partial charge in [-0.1, -0.05) is 6.92 Å². The van der Waals surface area contributed by atoms with E-state index in [0.717, 1.165) is 7.11 Å². The summed E-state index contributed by atoms with van der Waals surface area (Å²) in [4.78, 5) is 23.8. The van der Waals surface area contributed by atoms with Crippen molar-refractivity contribution in [2.75, 3.05) is 12.4 Å². The third-order valence-corrected chi connectivity index (χ3v) is 3.41. The quantitative estimate of drug-likeness (QED) is 0.641. The number of nitrogens with one attached hydrogen (secondary N) is 1. The average molecular weight is 345 g/mol. The van der Waals surface area contributed by atoms with Crippen LogP contribution in [0.25, 0.3) is 11.0 Å². The minimum Gasteiger partial charge on any atom is -0.467 e. The lowest BCUT2D eigenvalue weighted by Crippen LogP contribution is -2.37. The molecule has 0 aliphatic carbocycles. The number of nitrogens with zero attached hydrogens (tertiary/aromatic N) is 3. The molecule has 6 nitrogen and oxygen atoms in total. The molecule has 124 valence electrons. The summed E-state index contributed by atoms with van der Waals surface area (Å²) in [5, 5.41) is 2.57. The van der Waals surface area contributed by atoms with Gasteiger partial charge in [-0.25, -0.2) is 18.6 Å². The number of carbonyl (C=O) groups excluding carboxylic acids is 1. The smallest absolute Gasteiger partial charge is 0.328 e. The van der Waals surface area contributed by atoms with Crippen LogP contribution in [0.1, 0.15) is 19.8 Å². The molecule has 0 saturated carbocycles. The van der Waals surface area contributed by atoms with Crippen molar-refractivity contribution in [3.63, 3.8) is 0 Å². The highest BCUT2D eigenvalue weighted by molar-refractivity contribution is 6.28. The second kappa shape index (κ2) is 6.99. The number of esters is 1. The maximum absolute atomic E-state index is 13.7. The van der Waals surface area contributed by atoms with Crippen molar-refractivity contribution in [2.24, 2.45) is 0 Å². The monoisotopic (exact) mass is 344 g/mol. The van der Waals surface area contributed by atoms with Crippen LogP contribution >= 0.6 is 11.6 Å². The number of halogens is 3. The second-order valence-corrected chi connectivity index (χ2v) is 5.18. The fourth-order valence-electron chi connectivity index (χ4n) is 1.98. The molecule has 1 atom stereocenters. The Labute approximate surface area is 136 Å². The standard InChI is InChI=1S/C14H15ClF2N4O2/c1-3-14(16,17)7-9(12(22)23-2)19-11-10-8(5-4-6-18-10)20-13(15)21-11/h4-6,9H,3,7H2,1-2H3,(H,19,20,21)/t9-/m1/s1. The molecule has 9 heteroatoms. The number of aromatic nitrogens is 3. The number of rotatable bonds is 6. The number of pyridine rings is 1. The van der Waals surface area contributed by atoms with Crippen LogP contribution in [-0.4, -0.2) is 40.0 Å². The van der Waals surface area contributed by atoms with Crippen LogP contribution in [0.15, 0.2) is 18.3 Å². The van der Waals surface area contributed by atoms with E-state index in [1.165, 1.54) is 13.1 Å². The Morgan fingerprint density at radius 1 is 1.48 bits per heavy atom. The average Bonchev–Trinajstić information content (AvgIpc) is 2.53. The van der Waals surface area contributed by atoms with Crippen molar-refractivity contribution >= 4 is 34.4 Å². The number of hydrogen-bond donors (Lipinski definition) is 1. The molecule has 0 unspecified atom stereocenters. The Kier molecular flexibility index (Phi) is 5.25. The summed E-state index contributed by atoms with van der Waals surface area (Å²) in [6.07, 6.45) is 0.371. The van der Waals surface area contributed by atoms with Gasteiger partial charge in [0.2, 0.25) is 11.2 Å². The van der Waals surface area contributed by atoms with Crippen LogP contribution in [0, 0.1) is 0 Å². The van der Waals surface area contributed by atoms with Crippen molar-refractivity contribution in [3.05, 3.63) is 23.6 Å². The van der Waals surface area contributed by atoms with Gasteiger partial charge in [0.25, 0.3) is 0 Å². The van der Waals surface area contributed by atoms with E-state index in [1.54, 1.807) is 12.1 Å². The van der Waals surface area contributed by atoms with Crippen LogP contribution in [0.5, 0.6) is 0 Å². The molecule has 2 aromatic heterocycles. The summed E-state index contributed by atoms with van der Waals surface area (Å²) in [5.74, 6) is -3.74. The van der Waals surface area contributed by atoms with Crippen molar-refractivity contribution in [1.82, 2.24) is 15.0 Å². The Balaban J connectivity index is 2.38. The van der Waals surface area contributed by atoms with Gasteiger partial charge >= 0.3 is 5.97 Å². The molecular weight excluding hydrogens is 330 g/mol. The maximum atomic E-state index is 13.7. The van der Waals surface area contributed by atoms with Crippen molar-refractivity contribution in [1.29, 1.82) is 0 Å². The summed E-state index contributed by atoms with van der Waals surface area (Å²) >= 11 is 5.83. The number of carbonyl (C=O) groups is 1. The Hall–Kier alpha value is -2.09. The van der Waals surface area contributed by atoms with Gasteiger partial charge in [0.1, 0.15) is 11.6 Å². The van der Waals surface area contributed by atoms with E-state index in [1.807, 2.05) is 0 Å². The molecule has 0 saturated heterocycles. The third-order valence-electron chi connectivity index (χ3n) is 3.24. The summed E-state index contributed by atoms with van der Waals surface area (Å²) in [6, 6.07) is 2.01. The molecule has 2 heterocycles. The molecule has 0 fully saturated rings. The van der Waals surface area contributed by atoms with Gasteiger partial charge in [-0.05, 0) is 23.7 Å². The normalized spacial score (nSPS) is 12.9. The fourth-order valence-corrected chi connectivity index (χ4v) is 2.16. The van der Waals surface area contributed by atoms with E-state index in [-0.39, 0.29) is 11.1 Å². The van der Waals surface area contributed by atoms with Gasteiger partial charge < -0.3 is 10.1 Å². The van der Waals surface area contributed by atoms with E-state index in [4.69, 9.17) is 11.6 Å². The van der Waals surface area contributed by atoms with E-state index in [9.17, 15) is 13.6 Å². The minimum atomic E-state index is -3.02. The van der Waals surface area contributed by atoms with E-state index < -0.39 is 30.8 Å². The van der Waals surface area contributed by atoms with Crippen LogP contribution in [0.2, 0.25) is 5.28 Å². The van der Waals surface area contributed by atoms with Crippen LogP contribution in [0.4, 0.5) is 14.6 Å². The van der Waals surface area contributed by atoms with E-state index in [2.05, 4.69) is 25.0 Å². The van der Waals surface area contributed by atoms with E-state index >= 15 is 0 Å². The molecule has 0 bridgehead atoms. The lowest BCUT2D eigenvalue weighted by molar-refractivity contribution is -0.144. The highest BCUT2D eigenvalue weighted by Gasteiger charge is 2.35. The lowest BCUT2D eigenvalue weighted by atomic mass is 10.1. The predicted octanol–water partition coefficient (Wildman–Crippen LogP) is 3.07. The summed E-state index contributed by atoms with van der Waals surface area (Å²) in [5.41, 5.74) is 0.756. The molecule has 0 aromatic carbocycles. The van der Waals surface area contributed by atoms with Crippen LogP contribution in [-0.2, 0) is 9.53 Å². The Bertz CT molecular complexity index is 714. The van der Waals surface area contributed by atoms with Gasteiger partial charge in [0, 0.05) is 19.0 Å². The molecule has 2 rings (SSSR count). The summed E-state index contributed by atoms with van der Waals surface area (Å²) < 4.78 is 31.9. The Morgan fingerprint density at radius 2 is 2.22 bits per heavy atom. The lowest BCUT2D eigenvalue weighted by Gasteiger charge is -2.22. The molecular formula is C14H15ClF2N4O2. The SMILES string of the molecule is CCC(F)(F)C[C@@H](Nc1nc(Cl)nc2cccnc12)C(=O)OC. The molecule has 0 amide bonds. The van der Waals surface area contributed by atoms with E-state index in [0.29, 0.717) is 11.0 Å². The molecule has 2 aromatic rings. The highest BCUT2D eigenvalue weighted by Crippen LogP contribution is 2.27. The molecule has 0 aliphatic heterocycles.